The lowest BCUT2D eigenvalue weighted by Gasteiger charge is -2.20. The highest BCUT2D eigenvalue weighted by Crippen LogP contribution is 2.33. The van der Waals surface area contributed by atoms with E-state index in [-0.39, 0.29) is 0 Å². The van der Waals surface area contributed by atoms with Crippen molar-refractivity contribution in [2.24, 2.45) is 5.73 Å². The van der Waals surface area contributed by atoms with Crippen LogP contribution in [-0.2, 0) is 12.8 Å². The van der Waals surface area contributed by atoms with E-state index in [4.69, 9.17) is 5.73 Å². The molecule has 0 aromatic heterocycles. The van der Waals surface area contributed by atoms with E-state index in [0.29, 0.717) is 11.1 Å². The van der Waals surface area contributed by atoms with Gasteiger partial charge in [0.25, 0.3) is 0 Å². The molecule has 3 heteroatoms. The van der Waals surface area contributed by atoms with Gasteiger partial charge in [-0.2, -0.15) is 0 Å². The first-order valence-electron chi connectivity index (χ1n) is 9.55. The predicted octanol–water partition coefficient (Wildman–Crippen LogP) is 4.97. The summed E-state index contributed by atoms with van der Waals surface area (Å²) in [4.78, 5) is 24.0. The van der Waals surface area contributed by atoms with Crippen LogP contribution >= 0.6 is 0 Å². The number of hydrogen-bond acceptors (Lipinski definition) is 2. The second-order valence-corrected chi connectivity index (χ2v) is 7.10. The second-order valence-electron chi connectivity index (χ2n) is 7.10. The van der Waals surface area contributed by atoms with Crippen LogP contribution < -0.4 is 5.73 Å². The summed E-state index contributed by atoms with van der Waals surface area (Å²) in [5, 5.41) is 1.97. The van der Waals surface area contributed by atoms with Gasteiger partial charge < -0.3 is 5.73 Å². The first-order chi connectivity index (χ1) is 12.2. The Morgan fingerprint density at radius 2 is 1.32 bits per heavy atom. The van der Waals surface area contributed by atoms with Gasteiger partial charge in [-0.1, -0.05) is 62.8 Å². The number of carbonyl (C=O) groups is 2. The molecule has 0 heterocycles. The van der Waals surface area contributed by atoms with Crippen LogP contribution in [0.3, 0.4) is 0 Å². The van der Waals surface area contributed by atoms with E-state index in [1.807, 2.05) is 18.2 Å². The van der Waals surface area contributed by atoms with Crippen LogP contribution in [0.5, 0.6) is 0 Å². The van der Waals surface area contributed by atoms with Gasteiger partial charge >= 0.3 is 0 Å². The molecule has 0 atom stereocenters. The predicted molar refractivity (Wildman–Crippen MR) is 102 cm³/mol. The van der Waals surface area contributed by atoms with E-state index in [1.165, 1.54) is 44.1 Å². The number of fused-ring (bicyclic) bond motifs is 3. The van der Waals surface area contributed by atoms with Gasteiger partial charge in [0.2, 0.25) is 5.91 Å². The van der Waals surface area contributed by atoms with Crippen molar-refractivity contribution in [1.82, 2.24) is 0 Å². The highest BCUT2D eigenvalue weighted by atomic mass is 16.1. The van der Waals surface area contributed by atoms with E-state index in [0.717, 1.165) is 48.3 Å². The molecule has 1 aliphatic rings. The number of rotatable bonds is 2. The van der Waals surface area contributed by atoms with Crippen LogP contribution in [0.25, 0.3) is 10.8 Å². The second kappa shape index (κ2) is 8.28. The van der Waals surface area contributed by atoms with E-state index in [1.54, 1.807) is 0 Å². The summed E-state index contributed by atoms with van der Waals surface area (Å²) < 4.78 is 0. The highest BCUT2D eigenvalue weighted by Gasteiger charge is 2.21. The SMILES string of the molecule is NC(=O)c1c2c(c3ccccc3c1C=O)CCCCCCCCCC2. The van der Waals surface area contributed by atoms with Crippen LogP contribution in [0, 0.1) is 0 Å². The molecule has 0 bridgehead atoms. The molecule has 3 nitrogen and oxygen atoms in total. The van der Waals surface area contributed by atoms with Crippen molar-refractivity contribution in [3.63, 3.8) is 0 Å². The van der Waals surface area contributed by atoms with Gasteiger partial charge in [0.1, 0.15) is 0 Å². The number of carbonyl (C=O) groups excluding carboxylic acids is 2. The van der Waals surface area contributed by atoms with E-state index in [9.17, 15) is 9.59 Å². The Morgan fingerprint density at radius 1 is 0.800 bits per heavy atom. The van der Waals surface area contributed by atoms with Crippen molar-refractivity contribution in [1.29, 1.82) is 0 Å². The molecular weight excluding hydrogens is 310 g/mol. The summed E-state index contributed by atoms with van der Waals surface area (Å²) in [5.41, 5.74) is 8.90. The molecule has 25 heavy (non-hydrogen) atoms. The van der Waals surface area contributed by atoms with Crippen molar-refractivity contribution in [3.8, 4) is 0 Å². The highest BCUT2D eigenvalue weighted by molar-refractivity contribution is 6.11. The molecule has 0 radical (unpaired) electrons. The number of aldehydes is 1. The third kappa shape index (κ3) is 3.76. The fourth-order valence-electron chi connectivity index (χ4n) is 4.22. The van der Waals surface area contributed by atoms with E-state index in [2.05, 4.69) is 6.07 Å². The molecule has 1 amide bonds. The molecule has 2 aromatic carbocycles. The van der Waals surface area contributed by atoms with Gasteiger partial charge in [-0.25, -0.2) is 0 Å². The normalized spacial score (nSPS) is 16.5. The fraction of sp³-hybridized carbons (Fsp3) is 0.455. The summed E-state index contributed by atoms with van der Waals surface area (Å²) in [6.07, 6.45) is 12.3. The first-order valence-corrected chi connectivity index (χ1v) is 9.55. The third-order valence-electron chi connectivity index (χ3n) is 5.45. The van der Waals surface area contributed by atoms with Gasteiger partial charge in [-0.05, 0) is 47.6 Å². The first kappa shape index (κ1) is 17.7. The number of benzene rings is 2. The zero-order chi connectivity index (χ0) is 17.6. The molecule has 2 aromatic rings. The smallest absolute Gasteiger partial charge is 0.249 e. The minimum absolute atomic E-state index is 0.459. The largest absolute Gasteiger partial charge is 0.366 e. The number of hydrogen-bond donors (Lipinski definition) is 1. The lowest BCUT2D eigenvalue weighted by molar-refractivity contribution is 0.0992. The topological polar surface area (TPSA) is 60.2 Å². The Morgan fingerprint density at radius 3 is 1.88 bits per heavy atom. The van der Waals surface area contributed by atoms with Crippen LogP contribution in [0.1, 0.15) is 83.2 Å². The fourth-order valence-corrected chi connectivity index (χ4v) is 4.22. The monoisotopic (exact) mass is 337 g/mol. The van der Waals surface area contributed by atoms with Gasteiger partial charge in [0, 0.05) is 5.56 Å². The van der Waals surface area contributed by atoms with Crippen LogP contribution in [0.2, 0.25) is 0 Å². The maximum atomic E-state index is 12.2. The molecule has 3 rings (SSSR count). The van der Waals surface area contributed by atoms with Crippen molar-refractivity contribution >= 4 is 23.0 Å². The zero-order valence-corrected chi connectivity index (χ0v) is 14.9. The summed E-state index contributed by atoms with van der Waals surface area (Å²) >= 11 is 0. The molecule has 0 fully saturated rings. The number of amides is 1. The lowest BCUT2D eigenvalue weighted by Crippen LogP contribution is -2.19. The molecule has 0 aliphatic heterocycles. The molecular formula is C22H27NO2. The maximum Gasteiger partial charge on any atom is 0.249 e. The minimum Gasteiger partial charge on any atom is -0.366 e. The van der Waals surface area contributed by atoms with Crippen LogP contribution in [0.15, 0.2) is 24.3 Å². The average Bonchev–Trinajstić information content (AvgIpc) is 2.61. The molecule has 0 unspecified atom stereocenters. The Bertz CT molecular complexity index is 779. The number of primary amides is 1. The molecule has 0 spiro atoms. The Balaban J connectivity index is 2.21. The summed E-state index contributed by atoms with van der Waals surface area (Å²) in [6.45, 7) is 0. The van der Waals surface area contributed by atoms with Crippen LogP contribution in [-0.4, -0.2) is 12.2 Å². The van der Waals surface area contributed by atoms with Crippen molar-refractivity contribution in [2.45, 2.75) is 64.2 Å². The number of nitrogens with two attached hydrogens (primary N) is 1. The molecule has 132 valence electrons. The summed E-state index contributed by atoms with van der Waals surface area (Å²) in [7, 11) is 0. The average molecular weight is 337 g/mol. The Kier molecular flexibility index (Phi) is 5.85. The molecule has 1 aliphatic carbocycles. The zero-order valence-electron chi connectivity index (χ0n) is 14.9. The van der Waals surface area contributed by atoms with E-state index >= 15 is 0 Å². The van der Waals surface area contributed by atoms with Crippen molar-refractivity contribution in [3.05, 3.63) is 46.5 Å². The van der Waals surface area contributed by atoms with Crippen LogP contribution in [0.4, 0.5) is 0 Å². The quantitative estimate of drug-likeness (QED) is 0.786. The van der Waals surface area contributed by atoms with Gasteiger partial charge in [-0.3, -0.25) is 9.59 Å². The molecule has 2 N–H and O–H groups in total. The Labute approximate surface area is 149 Å². The lowest BCUT2D eigenvalue weighted by atomic mass is 9.84. The van der Waals surface area contributed by atoms with Gasteiger partial charge in [0.05, 0.1) is 5.56 Å². The van der Waals surface area contributed by atoms with Crippen molar-refractivity contribution in [2.75, 3.05) is 0 Å². The molecule has 0 saturated carbocycles. The minimum atomic E-state index is -0.476. The molecule has 0 saturated heterocycles. The van der Waals surface area contributed by atoms with Gasteiger partial charge in [0.15, 0.2) is 6.29 Å². The summed E-state index contributed by atoms with van der Waals surface area (Å²) in [5.74, 6) is -0.476. The summed E-state index contributed by atoms with van der Waals surface area (Å²) in [6, 6.07) is 7.94. The maximum absolute atomic E-state index is 12.2. The van der Waals surface area contributed by atoms with Gasteiger partial charge in [-0.15, -0.1) is 0 Å². The Hall–Kier alpha value is -2.16. The number of aryl methyl sites for hydroxylation is 1. The van der Waals surface area contributed by atoms with Crippen molar-refractivity contribution < 1.29 is 9.59 Å². The van der Waals surface area contributed by atoms with E-state index < -0.39 is 5.91 Å². The standard InChI is InChI=1S/C22H27NO2/c23-22(25)21-19-14-8-6-4-2-1-3-5-7-11-17(19)16-12-9-10-13-18(16)20(21)15-24/h9-10,12-13,15H,1-8,11,14H2,(H2,23,25). The third-order valence-corrected chi connectivity index (χ3v) is 5.45.